The zero-order chi connectivity index (χ0) is 15.6. The van der Waals surface area contributed by atoms with Crippen molar-refractivity contribution in [3.63, 3.8) is 0 Å². The zero-order valence-electron chi connectivity index (χ0n) is 11.0. The fraction of sp³-hybridized carbons (Fsp3) is 0.0667. The van der Waals surface area contributed by atoms with Gasteiger partial charge >= 0.3 is 5.97 Å². The molecular weight excluding hydrogens is 297 g/mol. The van der Waals surface area contributed by atoms with Gasteiger partial charge in [-0.3, -0.25) is 4.79 Å². The summed E-state index contributed by atoms with van der Waals surface area (Å²) in [6.45, 7) is 1.73. The van der Waals surface area contributed by atoms with Crippen molar-refractivity contribution in [3.05, 3.63) is 63.9 Å². The van der Waals surface area contributed by atoms with E-state index in [0.717, 1.165) is 12.1 Å². The Morgan fingerprint density at radius 3 is 2.52 bits per heavy atom. The van der Waals surface area contributed by atoms with Crippen LogP contribution in [0.3, 0.4) is 0 Å². The average molecular weight is 308 g/mol. The van der Waals surface area contributed by atoms with E-state index >= 15 is 0 Å². The Hall–Kier alpha value is -2.40. The van der Waals surface area contributed by atoms with Crippen molar-refractivity contribution >= 4 is 29.2 Å². The lowest BCUT2D eigenvalue weighted by molar-refractivity contribution is 0.0697. The first-order chi connectivity index (χ1) is 9.88. The van der Waals surface area contributed by atoms with Crippen LogP contribution in [0, 0.1) is 12.7 Å². The second-order valence-corrected chi connectivity index (χ2v) is 4.84. The molecule has 2 N–H and O–H groups in total. The van der Waals surface area contributed by atoms with E-state index in [2.05, 4.69) is 5.32 Å². The van der Waals surface area contributed by atoms with Gasteiger partial charge in [0.15, 0.2) is 0 Å². The second kappa shape index (κ2) is 5.93. The SMILES string of the molecule is Cc1ccc(Cl)cc1C(=O)Nc1ccc(F)cc1C(=O)O. The van der Waals surface area contributed by atoms with E-state index < -0.39 is 17.7 Å². The normalized spacial score (nSPS) is 10.2. The standard InChI is InChI=1S/C15H11ClFNO3/c1-8-2-3-9(16)6-11(8)14(19)18-13-5-4-10(17)7-12(13)15(20)21/h2-7H,1H3,(H,18,19)(H,20,21). The molecule has 0 fully saturated rings. The topological polar surface area (TPSA) is 66.4 Å². The fourth-order valence-electron chi connectivity index (χ4n) is 1.83. The van der Waals surface area contributed by atoms with E-state index in [4.69, 9.17) is 16.7 Å². The zero-order valence-corrected chi connectivity index (χ0v) is 11.7. The summed E-state index contributed by atoms with van der Waals surface area (Å²) in [5.41, 5.74) is 0.718. The van der Waals surface area contributed by atoms with E-state index in [1.807, 2.05) is 0 Å². The molecule has 0 saturated carbocycles. The molecule has 6 heteroatoms. The summed E-state index contributed by atoms with van der Waals surface area (Å²) in [7, 11) is 0. The van der Waals surface area contributed by atoms with Gasteiger partial charge in [0.1, 0.15) is 5.82 Å². The number of halogens is 2. The third kappa shape index (κ3) is 3.38. The monoisotopic (exact) mass is 307 g/mol. The summed E-state index contributed by atoms with van der Waals surface area (Å²) in [6, 6.07) is 7.94. The molecule has 0 heterocycles. The fourth-order valence-corrected chi connectivity index (χ4v) is 2.00. The van der Waals surface area contributed by atoms with E-state index in [9.17, 15) is 14.0 Å². The van der Waals surface area contributed by atoms with Crippen LogP contribution in [0.5, 0.6) is 0 Å². The minimum Gasteiger partial charge on any atom is -0.478 e. The Morgan fingerprint density at radius 2 is 1.86 bits per heavy atom. The maximum absolute atomic E-state index is 13.1. The Morgan fingerprint density at radius 1 is 1.14 bits per heavy atom. The van der Waals surface area contributed by atoms with Gasteiger partial charge in [0.25, 0.3) is 5.91 Å². The minimum atomic E-state index is -1.33. The van der Waals surface area contributed by atoms with Gasteiger partial charge in [-0.25, -0.2) is 9.18 Å². The largest absolute Gasteiger partial charge is 0.478 e. The van der Waals surface area contributed by atoms with Crippen LogP contribution in [-0.2, 0) is 0 Å². The molecule has 0 bridgehead atoms. The number of hydrogen-bond acceptors (Lipinski definition) is 2. The molecule has 0 aliphatic rings. The highest BCUT2D eigenvalue weighted by Gasteiger charge is 2.16. The third-order valence-electron chi connectivity index (χ3n) is 2.90. The Balaban J connectivity index is 2.36. The number of hydrogen-bond donors (Lipinski definition) is 2. The average Bonchev–Trinajstić information content (AvgIpc) is 2.43. The Bertz CT molecular complexity index is 731. The highest BCUT2D eigenvalue weighted by molar-refractivity contribution is 6.31. The molecule has 0 aliphatic carbocycles. The van der Waals surface area contributed by atoms with Gasteiger partial charge in [0, 0.05) is 10.6 Å². The van der Waals surface area contributed by atoms with Crippen molar-refractivity contribution in [2.75, 3.05) is 5.32 Å². The number of carboxylic acid groups (broad SMARTS) is 1. The lowest BCUT2D eigenvalue weighted by atomic mass is 10.1. The highest BCUT2D eigenvalue weighted by atomic mass is 35.5. The van der Waals surface area contributed by atoms with Crippen LogP contribution in [0.1, 0.15) is 26.3 Å². The molecule has 0 unspecified atom stereocenters. The molecule has 1 amide bonds. The molecule has 0 saturated heterocycles. The Labute approximate surface area is 125 Å². The molecule has 0 aromatic heterocycles. The van der Waals surface area contributed by atoms with E-state index in [0.29, 0.717) is 16.1 Å². The van der Waals surface area contributed by atoms with Gasteiger partial charge in [-0.15, -0.1) is 0 Å². The lowest BCUT2D eigenvalue weighted by Crippen LogP contribution is -2.16. The summed E-state index contributed by atoms with van der Waals surface area (Å²) in [6.07, 6.45) is 0. The predicted molar refractivity (Wildman–Crippen MR) is 77.5 cm³/mol. The predicted octanol–water partition coefficient (Wildman–Crippen LogP) is 3.74. The number of nitrogens with one attached hydrogen (secondary N) is 1. The van der Waals surface area contributed by atoms with E-state index in [-0.39, 0.29) is 11.3 Å². The van der Waals surface area contributed by atoms with Gasteiger partial charge in [0.05, 0.1) is 11.3 Å². The van der Waals surface area contributed by atoms with E-state index in [1.165, 1.54) is 12.1 Å². The van der Waals surface area contributed by atoms with Crippen molar-refractivity contribution in [1.29, 1.82) is 0 Å². The van der Waals surface area contributed by atoms with Crippen LogP contribution < -0.4 is 5.32 Å². The van der Waals surface area contributed by atoms with Gasteiger partial charge in [0.2, 0.25) is 0 Å². The van der Waals surface area contributed by atoms with Crippen LogP contribution in [0.25, 0.3) is 0 Å². The van der Waals surface area contributed by atoms with Crippen LogP contribution in [0.2, 0.25) is 5.02 Å². The van der Waals surface area contributed by atoms with Gasteiger partial charge in [-0.1, -0.05) is 17.7 Å². The molecule has 0 radical (unpaired) electrons. The number of carbonyl (C=O) groups excluding carboxylic acids is 1. The van der Waals surface area contributed by atoms with Crippen molar-refractivity contribution in [1.82, 2.24) is 0 Å². The number of rotatable bonds is 3. The summed E-state index contributed by atoms with van der Waals surface area (Å²) >= 11 is 5.84. The number of carboxylic acids is 1. The molecule has 108 valence electrons. The maximum atomic E-state index is 13.1. The molecule has 0 spiro atoms. The van der Waals surface area contributed by atoms with Gasteiger partial charge < -0.3 is 10.4 Å². The number of aromatic carboxylic acids is 1. The summed E-state index contributed by atoms with van der Waals surface area (Å²) in [4.78, 5) is 23.3. The summed E-state index contributed by atoms with van der Waals surface area (Å²) < 4.78 is 13.1. The molecular formula is C15H11ClFNO3. The van der Waals surface area contributed by atoms with Crippen LogP contribution in [-0.4, -0.2) is 17.0 Å². The number of anilines is 1. The van der Waals surface area contributed by atoms with Gasteiger partial charge in [-0.05, 0) is 42.8 Å². The first-order valence-corrected chi connectivity index (χ1v) is 6.36. The smallest absolute Gasteiger partial charge is 0.337 e. The summed E-state index contributed by atoms with van der Waals surface area (Å²) in [5, 5.41) is 11.9. The molecule has 2 aromatic rings. The van der Waals surface area contributed by atoms with E-state index in [1.54, 1.807) is 19.1 Å². The third-order valence-corrected chi connectivity index (χ3v) is 3.14. The molecule has 2 aromatic carbocycles. The van der Waals surface area contributed by atoms with Crippen LogP contribution in [0.4, 0.5) is 10.1 Å². The highest BCUT2D eigenvalue weighted by Crippen LogP contribution is 2.20. The van der Waals surface area contributed by atoms with Crippen molar-refractivity contribution in [3.8, 4) is 0 Å². The van der Waals surface area contributed by atoms with Gasteiger partial charge in [-0.2, -0.15) is 0 Å². The number of amides is 1. The number of carbonyl (C=O) groups is 2. The quantitative estimate of drug-likeness (QED) is 0.907. The Kier molecular flexibility index (Phi) is 4.23. The van der Waals surface area contributed by atoms with Crippen molar-refractivity contribution in [2.45, 2.75) is 6.92 Å². The van der Waals surface area contributed by atoms with Crippen LogP contribution in [0.15, 0.2) is 36.4 Å². The second-order valence-electron chi connectivity index (χ2n) is 4.41. The molecule has 0 atom stereocenters. The number of benzene rings is 2. The molecule has 0 aliphatic heterocycles. The first kappa shape index (κ1) is 15.0. The first-order valence-electron chi connectivity index (χ1n) is 5.99. The lowest BCUT2D eigenvalue weighted by Gasteiger charge is -2.10. The molecule has 2 rings (SSSR count). The number of aryl methyl sites for hydroxylation is 1. The summed E-state index contributed by atoms with van der Waals surface area (Å²) in [5.74, 6) is -2.53. The van der Waals surface area contributed by atoms with Crippen LogP contribution >= 0.6 is 11.6 Å². The molecule has 21 heavy (non-hydrogen) atoms. The minimum absolute atomic E-state index is 0.0216. The van der Waals surface area contributed by atoms with Crippen molar-refractivity contribution in [2.24, 2.45) is 0 Å². The molecule has 4 nitrogen and oxygen atoms in total. The van der Waals surface area contributed by atoms with Crippen molar-refractivity contribution < 1.29 is 19.1 Å². The maximum Gasteiger partial charge on any atom is 0.337 e.